The van der Waals surface area contributed by atoms with Gasteiger partial charge in [-0.3, -0.25) is 9.69 Å². The van der Waals surface area contributed by atoms with Crippen LogP contribution < -0.4 is 9.47 Å². The highest BCUT2D eigenvalue weighted by Crippen LogP contribution is 2.36. The van der Waals surface area contributed by atoms with E-state index in [4.69, 9.17) is 14.2 Å². The lowest BCUT2D eigenvalue weighted by Crippen LogP contribution is -2.47. The van der Waals surface area contributed by atoms with Crippen molar-refractivity contribution in [1.29, 1.82) is 0 Å². The van der Waals surface area contributed by atoms with Crippen LogP contribution in [0.1, 0.15) is 31.4 Å². The summed E-state index contributed by atoms with van der Waals surface area (Å²) in [4.78, 5) is 17.1. The van der Waals surface area contributed by atoms with Crippen molar-refractivity contribution in [2.75, 3.05) is 47.0 Å². The van der Waals surface area contributed by atoms with E-state index in [0.717, 1.165) is 38.0 Å². The number of carbonyl (C=O) groups excluding carboxylic acids is 1. The monoisotopic (exact) mass is 348 g/mol. The largest absolute Gasteiger partial charge is 0.493 e. The Kier molecular flexibility index (Phi) is 5.81. The molecule has 0 saturated carbocycles. The number of nitrogens with zero attached hydrogens (tertiary/aromatic N) is 2. The highest BCUT2D eigenvalue weighted by molar-refractivity contribution is 5.79. The van der Waals surface area contributed by atoms with Gasteiger partial charge in [0.15, 0.2) is 11.5 Å². The van der Waals surface area contributed by atoms with Gasteiger partial charge in [0, 0.05) is 19.6 Å². The Morgan fingerprint density at radius 2 is 2.04 bits per heavy atom. The first-order valence-electron chi connectivity index (χ1n) is 8.97. The summed E-state index contributed by atoms with van der Waals surface area (Å²) in [5.74, 6) is 1.62. The van der Waals surface area contributed by atoms with Crippen molar-refractivity contribution in [1.82, 2.24) is 9.80 Å². The summed E-state index contributed by atoms with van der Waals surface area (Å²) < 4.78 is 16.3. The Labute approximate surface area is 149 Å². The normalized spacial score (nSPS) is 24.4. The minimum absolute atomic E-state index is 0.116. The van der Waals surface area contributed by atoms with E-state index in [1.54, 1.807) is 14.2 Å². The molecule has 25 heavy (non-hydrogen) atoms. The maximum absolute atomic E-state index is 12.9. The molecule has 6 heteroatoms. The molecule has 0 aliphatic carbocycles. The number of methoxy groups -OCH3 is 2. The van der Waals surface area contributed by atoms with Crippen LogP contribution in [0.3, 0.4) is 0 Å². The Hall–Kier alpha value is -1.79. The third-order valence-electron chi connectivity index (χ3n) is 5.05. The number of hydrogen-bond donors (Lipinski definition) is 0. The molecule has 1 aromatic carbocycles. The molecular weight excluding hydrogens is 320 g/mol. The van der Waals surface area contributed by atoms with Gasteiger partial charge in [-0.1, -0.05) is 6.07 Å². The number of morpholine rings is 1. The number of rotatable bonds is 5. The summed E-state index contributed by atoms with van der Waals surface area (Å²) in [6.45, 7) is 5.69. The van der Waals surface area contributed by atoms with Crippen molar-refractivity contribution in [3.63, 3.8) is 0 Å². The third-order valence-corrected chi connectivity index (χ3v) is 5.05. The van der Waals surface area contributed by atoms with E-state index in [2.05, 4.69) is 11.8 Å². The second-order valence-corrected chi connectivity index (χ2v) is 6.78. The lowest BCUT2D eigenvalue weighted by Gasteiger charge is -2.33. The van der Waals surface area contributed by atoms with Gasteiger partial charge in [-0.05, 0) is 37.5 Å². The summed E-state index contributed by atoms with van der Waals surface area (Å²) in [5.41, 5.74) is 1.11. The molecule has 0 bridgehead atoms. The maximum Gasteiger partial charge on any atom is 0.237 e. The average molecular weight is 348 g/mol. The molecule has 0 N–H and O–H groups in total. The van der Waals surface area contributed by atoms with E-state index in [1.165, 1.54) is 0 Å². The average Bonchev–Trinajstić information content (AvgIpc) is 3.11. The van der Waals surface area contributed by atoms with Crippen LogP contribution >= 0.6 is 0 Å². The Balaban J connectivity index is 1.70. The van der Waals surface area contributed by atoms with Gasteiger partial charge in [0.25, 0.3) is 0 Å². The van der Waals surface area contributed by atoms with Gasteiger partial charge in [0.05, 0.1) is 39.5 Å². The highest BCUT2D eigenvalue weighted by Gasteiger charge is 2.32. The molecule has 138 valence electrons. The summed E-state index contributed by atoms with van der Waals surface area (Å²) in [5, 5.41) is 0. The molecule has 0 aromatic heterocycles. The van der Waals surface area contributed by atoms with Crippen LogP contribution in [0.5, 0.6) is 11.5 Å². The third kappa shape index (κ3) is 4.07. The molecule has 2 saturated heterocycles. The first-order valence-corrected chi connectivity index (χ1v) is 8.97. The van der Waals surface area contributed by atoms with Gasteiger partial charge >= 0.3 is 0 Å². The molecule has 2 aliphatic heterocycles. The first kappa shape index (κ1) is 18.0. The van der Waals surface area contributed by atoms with Crippen molar-refractivity contribution >= 4 is 5.91 Å². The van der Waals surface area contributed by atoms with Crippen LogP contribution in [0.4, 0.5) is 0 Å². The molecule has 1 amide bonds. The highest BCUT2D eigenvalue weighted by atomic mass is 16.5. The molecule has 0 unspecified atom stereocenters. The zero-order chi connectivity index (χ0) is 17.8. The minimum atomic E-state index is 0.116. The molecule has 3 rings (SSSR count). The molecule has 2 fully saturated rings. The van der Waals surface area contributed by atoms with Crippen LogP contribution in [-0.2, 0) is 9.53 Å². The molecule has 2 aliphatic rings. The zero-order valence-corrected chi connectivity index (χ0v) is 15.4. The van der Waals surface area contributed by atoms with Crippen LogP contribution in [0.25, 0.3) is 0 Å². The molecule has 0 spiro atoms. The van der Waals surface area contributed by atoms with Crippen LogP contribution in [-0.4, -0.2) is 68.8 Å². The number of ether oxygens (including phenoxy) is 3. The second-order valence-electron chi connectivity index (χ2n) is 6.78. The van der Waals surface area contributed by atoms with Gasteiger partial charge in [-0.25, -0.2) is 0 Å². The topological polar surface area (TPSA) is 51.2 Å². The Bertz CT molecular complexity index is 607. The van der Waals surface area contributed by atoms with E-state index in [9.17, 15) is 4.79 Å². The molecule has 2 atom stereocenters. The minimum Gasteiger partial charge on any atom is -0.493 e. The van der Waals surface area contributed by atoms with Crippen molar-refractivity contribution in [3.8, 4) is 11.5 Å². The van der Waals surface area contributed by atoms with Crippen molar-refractivity contribution in [3.05, 3.63) is 23.8 Å². The maximum atomic E-state index is 12.9. The van der Waals surface area contributed by atoms with Gasteiger partial charge in [0.1, 0.15) is 0 Å². The number of carbonyl (C=O) groups is 1. The van der Waals surface area contributed by atoms with E-state index >= 15 is 0 Å². The fraction of sp³-hybridized carbons (Fsp3) is 0.632. The predicted molar refractivity (Wildman–Crippen MR) is 95.1 cm³/mol. The zero-order valence-electron chi connectivity index (χ0n) is 15.4. The van der Waals surface area contributed by atoms with E-state index in [1.807, 2.05) is 23.1 Å². The molecule has 6 nitrogen and oxygen atoms in total. The lowest BCUT2D eigenvalue weighted by atomic mass is 10.0. The van der Waals surface area contributed by atoms with Gasteiger partial charge < -0.3 is 19.1 Å². The van der Waals surface area contributed by atoms with E-state index < -0.39 is 0 Å². The summed E-state index contributed by atoms with van der Waals surface area (Å²) in [7, 11) is 3.27. The molecular formula is C19H28N2O4. The number of benzene rings is 1. The molecule has 0 radical (unpaired) electrons. The lowest BCUT2D eigenvalue weighted by molar-refractivity contribution is -0.135. The summed E-state index contributed by atoms with van der Waals surface area (Å²) in [6, 6.07) is 6.06. The van der Waals surface area contributed by atoms with Crippen LogP contribution in [0.15, 0.2) is 18.2 Å². The second kappa shape index (κ2) is 8.06. The van der Waals surface area contributed by atoms with E-state index in [-0.39, 0.29) is 18.1 Å². The molecule has 1 aromatic rings. The molecule has 2 heterocycles. The predicted octanol–water partition coefficient (Wildman–Crippen LogP) is 2.09. The van der Waals surface area contributed by atoms with Crippen molar-refractivity contribution < 1.29 is 19.0 Å². The SMILES string of the molecule is COc1ccc([C@@H]2CCCN2C(=O)CN2CCO[C@@H](C)C2)cc1OC. The fourth-order valence-corrected chi connectivity index (χ4v) is 3.79. The van der Waals surface area contributed by atoms with Crippen molar-refractivity contribution in [2.24, 2.45) is 0 Å². The fourth-order valence-electron chi connectivity index (χ4n) is 3.79. The number of amides is 1. The smallest absolute Gasteiger partial charge is 0.237 e. The van der Waals surface area contributed by atoms with Gasteiger partial charge in [0.2, 0.25) is 5.91 Å². The Morgan fingerprint density at radius 1 is 1.24 bits per heavy atom. The van der Waals surface area contributed by atoms with Crippen LogP contribution in [0, 0.1) is 0 Å². The van der Waals surface area contributed by atoms with Crippen LogP contribution in [0.2, 0.25) is 0 Å². The number of hydrogen-bond acceptors (Lipinski definition) is 5. The first-order chi connectivity index (χ1) is 12.1. The Morgan fingerprint density at radius 3 is 2.76 bits per heavy atom. The quantitative estimate of drug-likeness (QED) is 0.816. The summed E-state index contributed by atoms with van der Waals surface area (Å²) >= 11 is 0. The van der Waals surface area contributed by atoms with E-state index in [0.29, 0.717) is 24.7 Å². The van der Waals surface area contributed by atoms with Crippen molar-refractivity contribution in [2.45, 2.75) is 31.9 Å². The summed E-state index contributed by atoms with van der Waals surface area (Å²) in [6.07, 6.45) is 2.21. The standard InChI is InChI=1S/C19H28N2O4/c1-14-12-20(9-10-25-14)13-19(22)21-8-4-5-16(21)15-6-7-17(23-2)18(11-15)24-3/h6-7,11,14,16H,4-5,8-10,12-13H2,1-3H3/t14-,16-/m0/s1. The van der Waals surface area contributed by atoms with Gasteiger partial charge in [-0.2, -0.15) is 0 Å². The number of likely N-dealkylation sites (tertiary alicyclic amines) is 1. The van der Waals surface area contributed by atoms with Gasteiger partial charge in [-0.15, -0.1) is 0 Å².